The lowest BCUT2D eigenvalue weighted by Crippen LogP contribution is -2.45. The average Bonchev–Trinajstić information content (AvgIpc) is 2.71. The minimum absolute atomic E-state index is 0.257. The Morgan fingerprint density at radius 3 is 1.97 bits per heavy atom. The maximum absolute atomic E-state index is 12.0. The second-order valence-electron chi connectivity index (χ2n) is 5.99. The summed E-state index contributed by atoms with van der Waals surface area (Å²) in [5, 5.41) is 1.98. The van der Waals surface area contributed by atoms with E-state index >= 15 is 0 Å². The third-order valence-corrected chi connectivity index (χ3v) is 6.26. The Hall–Kier alpha value is -1.62. The highest BCUT2D eigenvalue weighted by Crippen LogP contribution is 2.34. The lowest BCUT2D eigenvalue weighted by Gasteiger charge is -2.12. The molecule has 3 aromatic carbocycles. The average molecular weight is 666 g/mol. The maximum Gasteiger partial charge on any atom is 0.276 e. The predicted molar refractivity (Wildman–Crippen MR) is 128 cm³/mol. The van der Waals surface area contributed by atoms with Crippen molar-refractivity contribution >= 4 is 86.3 Å². The molecule has 0 aliphatic carbocycles. The van der Waals surface area contributed by atoms with Gasteiger partial charge in [0.15, 0.2) is 13.2 Å². The lowest BCUT2D eigenvalue weighted by molar-refractivity contribution is -0.131. The molecule has 0 heterocycles. The summed E-state index contributed by atoms with van der Waals surface area (Å²) in [6.45, 7) is -0.521. The first-order valence-electron chi connectivity index (χ1n) is 8.49. The molecule has 3 rings (SSSR count). The molecule has 0 aliphatic heterocycles. The van der Waals surface area contributed by atoms with Crippen molar-refractivity contribution in [2.75, 3.05) is 13.2 Å². The molecular formula is C20H14Br4N2O4. The van der Waals surface area contributed by atoms with Crippen molar-refractivity contribution < 1.29 is 19.1 Å². The van der Waals surface area contributed by atoms with E-state index in [4.69, 9.17) is 9.47 Å². The fourth-order valence-electron chi connectivity index (χ4n) is 2.44. The summed E-state index contributed by atoms with van der Waals surface area (Å²) in [4.78, 5) is 23.9. The van der Waals surface area contributed by atoms with Crippen molar-refractivity contribution in [3.8, 4) is 11.5 Å². The van der Waals surface area contributed by atoms with E-state index in [-0.39, 0.29) is 13.2 Å². The summed E-state index contributed by atoms with van der Waals surface area (Å²) >= 11 is 13.6. The smallest absolute Gasteiger partial charge is 0.276 e. The normalized spacial score (nSPS) is 10.5. The number of fused-ring (bicyclic) bond motifs is 1. The van der Waals surface area contributed by atoms with E-state index in [1.165, 1.54) is 0 Å². The van der Waals surface area contributed by atoms with Gasteiger partial charge in [-0.1, -0.05) is 44.0 Å². The van der Waals surface area contributed by atoms with E-state index in [0.717, 1.165) is 24.2 Å². The Bertz CT molecular complexity index is 1110. The van der Waals surface area contributed by atoms with Crippen LogP contribution in [0.2, 0.25) is 0 Å². The van der Waals surface area contributed by atoms with Gasteiger partial charge < -0.3 is 9.47 Å². The van der Waals surface area contributed by atoms with E-state index in [1.54, 1.807) is 24.3 Å². The maximum atomic E-state index is 12.0. The fraction of sp³-hybridized carbons (Fsp3) is 0.100. The van der Waals surface area contributed by atoms with Crippen LogP contribution in [-0.4, -0.2) is 25.0 Å². The number of hydrogen-bond acceptors (Lipinski definition) is 4. The molecule has 2 N–H and O–H groups in total. The second kappa shape index (κ2) is 10.6. The van der Waals surface area contributed by atoms with Crippen molar-refractivity contribution in [3.05, 3.63) is 66.4 Å². The number of nitrogens with one attached hydrogen (secondary N) is 2. The molecule has 0 saturated carbocycles. The standard InChI is InChI=1S/C20H14Br4N2O4/c21-12-2-4-14-11(7-12)1-5-17(20(14)24)30-10-19(28)26-25-18(27)9-29-16-6-3-13(22)8-15(16)23/h1-8H,9-10H2,(H,25,27)(H,26,28). The third-order valence-electron chi connectivity index (χ3n) is 3.83. The molecule has 0 unspecified atom stereocenters. The topological polar surface area (TPSA) is 76.7 Å². The molecule has 3 aromatic rings. The molecule has 6 nitrogen and oxygen atoms in total. The molecule has 0 aromatic heterocycles. The summed E-state index contributed by atoms with van der Waals surface area (Å²) in [5.41, 5.74) is 4.58. The summed E-state index contributed by atoms with van der Waals surface area (Å²) in [7, 11) is 0. The minimum Gasteiger partial charge on any atom is -0.483 e. The largest absolute Gasteiger partial charge is 0.483 e. The Labute approximate surface area is 206 Å². The third kappa shape index (κ3) is 6.19. The molecule has 0 aliphatic rings. The number of benzene rings is 3. The number of hydrogen-bond donors (Lipinski definition) is 2. The summed E-state index contributed by atoms with van der Waals surface area (Å²) in [5.74, 6) is 0.0255. The zero-order chi connectivity index (χ0) is 21.7. The van der Waals surface area contributed by atoms with Crippen LogP contribution in [0, 0.1) is 0 Å². The van der Waals surface area contributed by atoms with E-state index in [2.05, 4.69) is 74.6 Å². The van der Waals surface area contributed by atoms with Crippen LogP contribution in [0.5, 0.6) is 11.5 Å². The Morgan fingerprint density at radius 2 is 1.30 bits per heavy atom. The highest BCUT2D eigenvalue weighted by atomic mass is 79.9. The Balaban J connectivity index is 1.46. The van der Waals surface area contributed by atoms with Gasteiger partial charge in [-0.3, -0.25) is 20.4 Å². The molecule has 0 saturated heterocycles. The first-order chi connectivity index (χ1) is 14.3. The summed E-state index contributed by atoms with van der Waals surface area (Å²) in [6, 6.07) is 14.8. The van der Waals surface area contributed by atoms with Gasteiger partial charge in [0.2, 0.25) is 0 Å². The fourth-order valence-corrected chi connectivity index (χ4v) is 4.59. The van der Waals surface area contributed by atoms with Crippen molar-refractivity contribution in [1.29, 1.82) is 0 Å². The zero-order valence-electron chi connectivity index (χ0n) is 15.2. The molecule has 0 fully saturated rings. The van der Waals surface area contributed by atoms with Crippen molar-refractivity contribution in [2.24, 2.45) is 0 Å². The van der Waals surface area contributed by atoms with Crippen LogP contribution < -0.4 is 20.3 Å². The molecule has 0 spiro atoms. The van der Waals surface area contributed by atoms with Gasteiger partial charge in [-0.25, -0.2) is 0 Å². The molecule has 2 amide bonds. The van der Waals surface area contributed by atoms with Crippen LogP contribution in [0.1, 0.15) is 0 Å². The molecule has 0 atom stereocenters. The van der Waals surface area contributed by atoms with E-state index in [1.807, 2.05) is 24.3 Å². The number of carbonyl (C=O) groups excluding carboxylic acids is 2. The van der Waals surface area contributed by atoms with Gasteiger partial charge in [-0.05, 0) is 79.0 Å². The number of halogens is 4. The molecule has 0 bridgehead atoms. The molecule has 0 radical (unpaired) electrons. The number of amides is 2. The predicted octanol–water partition coefficient (Wildman–Crippen LogP) is 5.50. The van der Waals surface area contributed by atoms with Gasteiger partial charge >= 0.3 is 0 Å². The molecular weight excluding hydrogens is 652 g/mol. The molecule has 10 heteroatoms. The van der Waals surface area contributed by atoms with Gasteiger partial charge in [-0.2, -0.15) is 0 Å². The monoisotopic (exact) mass is 662 g/mol. The van der Waals surface area contributed by atoms with Gasteiger partial charge in [-0.15, -0.1) is 0 Å². The molecule has 156 valence electrons. The lowest BCUT2D eigenvalue weighted by atomic mass is 10.1. The van der Waals surface area contributed by atoms with Gasteiger partial charge in [0.05, 0.1) is 8.95 Å². The number of hydrazine groups is 1. The van der Waals surface area contributed by atoms with E-state index in [0.29, 0.717) is 16.0 Å². The van der Waals surface area contributed by atoms with Gasteiger partial charge in [0.25, 0.3) is 11.8 Å². The summed E-state index contributed by atoms with van der Waals surface area (Å²) < 4.78 is 14.3. The van der Waals surface area contributed by atoms with E-state index < -0.39 is 11.8 Å². The van der Waals surface area contributed by atoms with Crippen LogP contribution in [0.4, 0.5) is 0 Å². The van der Waals surface area contributed by atoms with Crippen molar-refractivity contribution in [3.63, 3.8) is 0 Å². The first kappa shape index (κ1) is 23.1. The van der Waals surface area contributed by atoms with Crippen LogP contribution in [0.3, 0.4) is 0 Å². The van der Waals surface area contributed by atoms with Crippen LogP contribution in [-0.2, 0) is 9.59 Å². The zero-order valence-corrected chi connectivity index (χ0v) is 21.5. The first-order valence-corrected chi connectivity index (χ1v) is 11.7. The van der Waals surface area contributed by atoms with Gasteiger partial charge in [0.1, 0.15) is 11.5 Å². The number of ether oxygens (including phenoxy) is 2. The van der Waals surface area contributed by atoms with Crippen LogP contribution in [0.15, 0.2) is 66.4 Å². The highest BCUT2D eigenvalue weighted by Gasteiger charge is 2.11. The molecule has 30 heavy (non-hydrogen) atoms. The van der Waals surface area contributed by atoms with Crippen molar-refractivity contribution in [1.82, 2.24) is 10.9 Å². The minimum atomic E-state index is -0.504. The Morgan fingerprint density at radius 1 is 0.733 bits per heavy atom. The van der Waals surface area contributed by atoms with Gasteiger partial charge in [0, 0.05) is 8.95 Å². The second-order valence-corrected chi connectivity index (χ2v) is 9.47. The number of carbonyl (C=O) groups is 2. The highest BCUT2D eigenvalue weighted by molar-refractivity contribution is 9.11. The van der Waals surface area contributed by atoms with E-state index in [9.17, 15) is 9.59 Å². The van der Waals surface area contributed by atoms with Crippen molar-refractivity contribution in [2.45, 2.75) is 0 Å². The number of rotatable bonds is 6. The summed E-state index contributed by atoms with van der Waals surface area (Å²) in [6.07, 6.45) is 0. The Kier molecular flexibility index (Phi) is 8.15. The van der Waals surface area contributed by atoms with Crippen LogP contribution >= 0.6 is 63.7 Å². The quantitative estimate of drug-likeness (QED) is 0.342. The van der Waals surface area contributed by atoms with Crippen LogP contribution in [0.25, 0.3) is 10.8 Å². The SMILES string of the molecule is O=C(COc1ccc(Br)cc1Br)NNC(=O)COc1ccc2cc(Br)ccc2c1Br.